The Labute approximate surface area is 145 Å². The molecule has 1 aliphatic heterocycles. The molecule has 6 heteroatoms. The van der Waals surface area contributed by atoms with E-state index in [0.717, 1.165) is 31.5 Å². The smallest absolute Gasteiger partial charge is 0.157 e. The first-order valence-electron chi connectivity index (χ1n) is 8.10. The number of hydrogen-bond donors (Lipinski definition) is 3. The van der Waals surface area contributed by atoms with Gasteiger partial charge in [-0.25, -0.2) is 0 Å². The number of hydrogen-bond acceptors (Lipinski definition) is 6. The lowest BCUT2D eigenvalue weighted by molar-refractivity contribution is 0.111. The number of aldehydes is 2. The van der Waals surface area contributed by atoms with Gasteiger partial charge in [0, 0.05) is 0 Å². The number of likely N-dealkylation sites (tertiary alicyclic amines) is 1. The number of rotatable bonds is 5. The van der Waals surface area contributed by atoms with Crippen molar-refractivity contribution < 1.29 is 24.9 Å². The van der Waals surface area contributed by atoms with Crippen LogP contribution in [0.3, 0.4) is 0 Å². The van der Waals surface area contributed by atoms with Crippen molar-refractivity contribution in [3.63, 3.8) is 0 Å². The molecule has 130 valence electrons. The Balaban J connectivity index is 2.29. The molecule has 0 amide bonds. The molecule has 6 nitrogen and oxygen atoms in total. The van der Waals surface area contributed by atoms with E-state index in [2.05, 4.69) is 4.90 Å². The molecule has 1 fully saturated rings. The highest BCUT2D eigenvalue weighted by Crippen LogP contribution is 2.47. The van der Waals surface area contributed by atoms with E-state index >= 15 is 0 Å². The fourth-order valence-electron chi connectivity index (χ4n) is 3.45. The minimum Gasteiger partial charge on any atom is -0.507 e. The quantitative estimate of drug-likeness (QED) is 0.723. The number of aromatic hydroxyl groups is 3. The Morgan fingerprint density at radius 2 is 1.36 bits per heavy atom. The molecule has 1 atom stereocenters. The van der Waals surface area contributed by atoms with Crippen LogP contribution in [0.25, 0.3) is 0 Å². The summed E-state index contributed by atoms with van der Waals surface area (Å²) in [4.78, 5) is 24.7. The maximum absolute atomic E-state index is 11.3. The van der Waals surface area contributed by atoms with Gasteiger partial charge in [0.05, 0.1) is 22.7 Å². The van der Waals surface area contributed by atoms with Crippen LogP contribution in [0.2, 0.25) is 0 Å². The van der Waals surface area contributed by atoms with Crippen LogP contribution in [0.15, 0.2) is 30.3 Å². The van der Waals surface area contributed by atoms with E-state index in [1.807, 2.05) is 30.3 Å². The van der Waals surface area contributed by atoms with Crippen LogP contribution in [0, 0.1) is 0 Å². The molecule has 1 unspecified atom stereocenters. The molecular formula is C19H19NO5. The van der Waals surface area contributed by atoms with Crippen molar-refractivity contribution in [3.8, 4) is 17.2 Å². The Bertz CT molecular complexity index is 762. The molecule has 0 spiro atoms. The second-order valence-electron chi connectivity index (χ2n) is 6.08. The monoisotopic (exact) mass is 341 g/mol. The zero-order valence-electron chi connectivity index (χ0n) is 13.6. The molecule has 2 aromatic rings. The molecule has 0 aromatic heterocycles. The van der Waals surface area contributed by atoms with Gasteiger partial charge in [0.1, 0.15) is 17.2 Å². The van der Waals surface area contributed by atoms with Gasteiger partial charge in [-0.15, -0.1) is 0 Å². The van der Waals surface area contributed by atoms with Gasteiger partial charge in [-0.1, -0.05) is 30.3 Å². The third-order valence-corrected chi connectivity index (χ3v) is 4.66. The number of benzene rings is 2. The van der Waals surface area contributed by atoms with E-state index in [-0.39, 0.29) is 18.1 Å². The predicted molar refractivity (Wildman–Crippen MR) is 91.3 cm³/mol. The molecule has 0 radical (unpaired) electrons. The minimum absolute atomic E-state index is 0.0649. The van der Waals surface area contributed by atoms with Crippen molar-refractivity contribution in [2.24, 2.45) is 0 Å². The molecule has 1 heterocycles. The Hall–Kier alpha value is -2.86. The third-order valence-electron chi connectivity index (χ3n) is 4.66. The van der Waals surface area contributed by atoms with Crippen molar-refractivity contribution in [1.82, 2.24) is 4.90 Å². The van der Waals surface area contributed by atoms with Crippen LogP contribution in [0.5, 0.6) is 17.2 Å². The van der Waals surface area contributed by atoms with Crippen LogP contribution < -0.4 is 0 Å². The zero-order chi connectivity index (χ0) is 18.0. The van der Waals surface area contributed by atoms with Gasteiger partial charge in [0.2, 0.25) is 0 Å². The van der Waals surface area contributed by atoms with Crippen molar-refractivity contribution in [2.75, 3.05) is 13.1 Å². The molecule has 2 aromatic carbocycles. The molecule has 25 heavy (non-hydrogen) atoms. The Morgan fingerprint density at radius 3 is 1.84 bits per heavy atom. The summed E-state index contributed by atoms with van der Waals surface area (Å²) < 4.78 is 0. The number of phenolic OH excluding ortho intramolecular Hbond substituents is 3. The van der Waals surface area contributed by atoms with Crippen LogP contribution in [0.1, 0.15) is 50.7 Å². The summed E-state index contributed by atoms with van der Waals surface area (Å²) in [5.74, 6) is -1.72. The summed E-state index contributed by atoms with van der Waals surface area (Å²) in [5, 5.41) is 31.1. The van der Waals surface area contributed by atoms with Gasteiger partial charge in [0.15, 0.2) is 12.6 Å². The lowest BCUT2D eigenvalue weighted by Crippen LogP contribution is -2.27. The van der Waals surface area contributed by atoms with Gasteiger partial charge < -0.3 is 15.3 Å². The molecule has 1 saturated heterocycles. The van der Waals surface area contributed by atoms with Crippen molar-refractivity contribution in [3.05, 3.63) is 52.6 Å². The average Bonchev–Trinajstić information content (AvgIpc) is 3.14. The second kappa shape index (κ2) is 6.94. The predicted octanol–water partition coefficient (Wildman–Crippen LogP) is 2.61. The highest BCUT2D eigenvalue weighted by molar-refractivity contribution is 5.95. The summed E-state index contributed by atoms with van der Waals surface area (Å²) in [5.41, 5.74) is 0.0922. The highest BCUT2D eigenvalue weighted by Gasteiger charge is 2.33. The van der Waals surface area contributed by atoms with Crippen molar-refractivity contribution in [1.29, 1.82) is 0 Å². The van der Waals surface area contributed by atoms with Crippen LogP contribution in [-0.2, 0) is 0 Å². The van der Waals surface area contributed by atoms with Gasteiger partial charge in [-0.3, -0.25) is 14.5 Å². The SMILES string of the molecule is O=Cc1c(O)c(C=O)c(O)c(C(c2ccccc2)N2CCCC2)c1O. The first-order chi connectivity index (χ1) is 12.1. The summed E-state index contributed by atoms with van der Waals surface area (Å²) in [7, 11) is 0. The first-order valence-corrected chi connectivity index (χ1v) is 8.10. The van der Waals surface area contributed by atoms with Gasteiger partial charge >= 0.3 is 0 Å². The van der Waals surface area contributed by atoms with E-state index in [9.17, 15) is 24.9 Å². The van der Waals surface area contributed by atoms with Gasteiger partial charge in [-0.2, -0.15) is 0 Å². The van der Waals surface area contributed by atoms with E-state index in [0.29, 0.717) is 0 Å². The number of carbonyl (C=O) groups excluding carboxylic acids is 2. The fraction of sp³-hybridized carbons (Fsp3) is 0.263. The highest BCUT2D eigenvalue weighted by atomic mass is 16.3. The van der Waals surface area contributed by atoms with Crippen LogP contribution in [-0.4, -0.2) is 45.9 Å². The van der Waals surface area contributed by atoms with E-state index in [1.165, 1.54) is 0 Å². The number of nitrogens with zero attached hydrogens (tertiary/aromatic N) is 1. The first kappa shape index (κ1) is 17.0. The zero-order valence-corrected chi connectivity index (χ0v) is 13.6. The maximum atomic E-state index is 11.3. The standard InChI is InChI=1S/C19H19NO5/c21-10-13-17(23)14(11-22)19(25)15(18(13)24)16(20-8-4-5-9-20)12-6-2-1-3-7-12/h1-3,6-7,10-11,16,23-25H,4-5,8-9H2. The van der Waals surface area contributed by atoms with E-state index in [1.54, 1.807) is 0 Å². The molecule has 3 N–H and O–H groups in total. The molecule has 1 aliphatic rings. The molecule has 0 bridgehead atoms. The summed E-state index contributed by atoms with van der Waals surface area (Å²) in [6.45, 7) is 1.51. The van der Waals surface area contributed by atoms with Crippen molar-refractivity contribution in [2.45, 2.75) is 18.9 Å². The second-order valence-corrected chi connectivity index (χ2v) is 6.08. The Morgan fingerprint density at radius 1 is 0.840 bits per heavy atom. The summed E-state index contributed by atoms with van der Waals surface area (Å²) in [6, 6.07) is 8.73. The summed E-state index contributed by atoms with van der Waals surface area (Å²) in [6.07, 6.45) is 2.52. The fourth-order valence-corrected chi connectivity index (χ4v) is 3.45. The van der Waals surface area contributed by atoms with Crippen molar-refractivity contribution >= 4 is 12.6 Å². The third kappa shape index (κ3) is 2.85. The molecule has 0 saturated carbocycles. The Kier molecular flexibility index (Phi) is 4.72. The number of carbonyl (C=O) groups is 2. The van der Waals surface area contributed by atoms with Crippen LogP contribution >= 0.6 is 0 Å². The average molecular weight is 341 g/mol. The molecular weight excluding hydrogens is 322 g/mol. The van der Waals surface area contributed by atoms with Crippen LogP contribution in [0.4, 0.5) is 0 Å². The summed E-state index contributed by atoms with van der Waals surface area (Å²) >= 11 is 0. The molecule has 3 rings (SSSR count). The normalized spacial score (nSPS) is 15.8. The lowest BCUT2D eigenvalue weighted by atomic mass is 9.91. The lowest BCUT2D eigenvalue weighted by Gasteiger charge is -2.30. The van der Waals surface area contributed by atoms with Gasteiger partial charge in [0.25, 0.3) is 0 Å². The van der Waals surface area contributed by atoms with Gasteiger partial charge in [-0.05, 0) is 31.5 Å². The van der Waals surface area contributed by atoms with E-state index < -0.39 is 34.4 Å². The largest absolute Gasteiger partial charge is 0.507 e. The number of phenols is 3. The van der Waals surface area contributed by atoms with E-state index in [4.69, 9.17) is 0 Å². The minimum atomic E-state index is -0.711. The molecule has 0 aliphatic carbocycles. The maximum Gasteiger partial charge on any atom is 0.157 e. The topological polar surface area (TPSA) is 98.1 Å².